The number of aliphatic hydroxyl groups excluding tert-OH is 1. The van der Waals surface area contributed by atoms with Gasteiger partial charge in [-0.3, -0.25) is 0 Å². The minimum atomic E-state index is 0. The molecule has 1 rings (SSSR count). The van der Waals surface area contributed by atoms with Crippen LogP contribution in [0.1, 0.15) is 25.3 Å². The number of ether oxygens (including phenoxy) is 1. The Balaban J connectivity index is 0.00000289. The maximum Gasteiger partial charge on any atom is 0.123 e. The molecule has 0 heterocycles. The standard InChI is InChI=1S/C13H22N2O2.ClH/c1-3-4-12(9-16)15-8-10-7-11(14)5-6-13(10)17-2;/h5-7,12,15-16H,3-4,8-9,14H2,1-2H3;1H. The Bertz CT molecular complexity index is 348. The first-order valence-corrected chi connectivity index (χ1v) is 5.97. The van der Waals surface area contributed by atoms with E-state index in [0.29, 0.717) is 6.54 Å². The number of nitrogen functional groups attached to an aromatic ring is 1. The fourth-order valence-corrected chi connectivity index (χ4v) is 1.80. The maximum atomic E-state index is 9.20. The minimum Gasteiger partial charge on any atom is -0.496 e. The lowest BCUT2D eigenvalue weighted by atomic mass is 10.1. The van der Waals surface area contributed by atoms with E-state index in [1.54, 1.807) is 7.11 Å². The Morgan fingerprint density at radius 1 is 1.44 bits per heavy atom. The zero-order valence-corrected chi connectivity index (χ0v) is 11.8. The topological polar surface area (TPSA) is 67.5 Å². The average Bonchev–Trinajstić information content (AvgIpc) is 2.34. The fourth-order valence-electron chi connectivity index (χ4n) is 1.80. The predicted molar refractivity (Wildman–Crippen MR) is 77.3 cm³/mol. The van der Waals surface area contributed by atoms with Crippen molar-refractivity contribution in [3.63, 3.8) is 0 Å². The van der Waals surface area contributed by atoms with Crippen LogP contribution in [-0.4, -0.2) is 24.9 Å². The normalized spacial score (nSPS) is 11.7. The summed E-state index contributed by atoms with van der Waals surface area (Å²) in [7, 11) is 1.64. The molecule has 0 aliphatic rings. The number of methoxy groups -OCH3 is 1. The molecule has 0 bridgehead atoms. The van der Waals surface area contributed by atoms with Crippen LogP contribution >= 0.6 is 12.4 Å². The first-order chi connectivity index (χ1) is 8.21. The van der Waals surface area contributed by atoms with E-state index in [4.69, 9.17) is 10.5 Å². The number of rotatable bonds is 7. The Hall–Kier alpha value is -0.970. The highest BCUT2D eigenvalue weighted by Crippen LogP contribution is 2.21. The third-order valence-corrected chi connectivity index (χ3v) is 2.74. The van der Waals surface area contributed by atoms with Crippen molar-refractivity contribution >= 4 is 18.1 Å². The third-order valence-electron chi connectivity index (χ3n) is 2.74. The third kappa shape index (κ3) is 5.12. The lowest BCUT2D eigenvalue weighted by Crippen LogP contribution is -2.31. The summed E-state index contributed by atoms with van der Waals surface area (Å²) < 4.78 is 5.27. The largest absolute Gasteiger partial charge is 0.496 e. The molecule has 18 heavy (non-hydrogen) atoms. The van der Waals surface area contributed by atoms with Crippen LogP contribution in [0.2, 0.25) is 0 Å². The van der Waals surface area contributed by atoms with Gasteiger partial charge in [-0.15, -0.1) is 12.4 Å². The molecule has 0 aliphatic heterocycles. The highest BCUT2D eigenvalue weighted by atomic mass is 35.5. The molecular formula is C13H23ClN2O2. The molecule has 5 heteroatoms. The van der Waals surface area contributed by atoms with Crippen molar-refractivity contribution < 1.29 is 9.84 Å². The molecule has 1 unspecified atom stereocenters. The van der Waals surface area contributed by atoms with E-state index in [9.17, 15) is 5.11 Å². The SMILES string of the molecule is CCCC(CO)NCc1cc(N)ccc1OC.Cl. The van der Waals surface area contributed by atoms with Crippen LogP contribution in [0.3, 0.4) is 0 Å². The smallest absolute Gasteiger partial charge is 0.123 e. The predicted octanol–water partition coefficient (Wildman–Crippen LogP) is 1.95. The number of hydrogen-bond acceptors (Lipinski definition) is 4. The molecule has 0 saturated carbocycles. The zero-order chi connectivity index (χ0) is 12.7. The zero-order valence-electron chi connectivity index (χ0n) is 11.0. The Morgan fingerprint density at radius 3 is 2.72 bits per heavy atom. The van der Waals surface area contributed by atoms with Crippen molar-refractivity contribution in [1.82, 2.24) is 5.32 Å². The number of hydrogen-bond donors (Lipinski definition) is 3. The van der Waals surface area contributed by atoms with Crippen LogP contribution in [0, 0.1) is 0 Å². The van der Waals surface area contributed by atoms with E-state index in [1.807, 2.05) is 18.2 Å². The highest BCUT2D eigenvalue weighted by Gasteiger charge is 2.08. The van der Waals surface area contributed by atoms with Gasteiger partial charge in [0.05, 0.1) is 13.7 Å². The van der Waals surface area contributed by atoms with Crippen molar-refractivity contribution in [3.8, 4) is 5.75 Å². The van der Waals surface area contributed by atoms with Gasteiger partial charge in [-0.2, -0.15) is 0 Å². The summed E-state index contributed by atoms with van der Waals surface area (Å²) in [6.45, 7) is 2.91. The summed E-state index contributed by atoms with van der Waals surface area (Å²) in [5, 5.41) is 12.5. The molecule has 1 atom stereocenters. The first kappa shape index (κ1) is 17.0. The van der Waals surface area contributed by atoms with Gasteiger partial charge in [0.2, 0.25) is 0 Å². The molecule has 1 aromatic rings. The summed E-state index contributed by atoms with van der Waals surface area (Å²) >= 11 is 0. The second kappa shape index (κ2) is 9.03. The molecule has 4 N–H and O–H groups in total. The Kier molecular flexibility index (Phi) is 8.54. The van der Waals surface area contributed by atoms with Crippen molar-refractivity contribution in [3.05, 3.63) is 23.8 Å². The van der Waals surface area contributed by atoms with Gasteiger partial charge in [0.15, 0.2) is 0 Å². The Morgan fingerprint density at radius 2 is 2.17 bits per heavy atom. The summed E-state index contributed by atoms with van der Waals surface area (Å²) in [6.07, 6.45) is 2.01. The van der Waals surface area contributed by atoms with E-state index in [-0.39, 0.29) is 25.1 Å². The average molecular weight is 275 g/mol. The summed E-state index contributed by atoms with van der Waals surface area (Å²) in [6, 6.07) is 5.70. The van der Waals surface area contributed by atoms with Crippen molar-refractivity contribution in [2.75, 3.05) is 19.5 Å². The lowest BCUT2D eigenvalue weighted by Gasteiger charge is -2.17. The molecular weight excluding hydrogens is 252 g/mol. The molecule has 0 aromatic heterocycles. The first-order valence-electron chi connectivity index (χ1n) is 5.97. The van der Waals surface area contributed by atoms with Crippen molar-refractivity contribution in [1.29, 1.82) is 0 Å². The lowest BCUT2D eigenvalue weighted by molar-refractivity contribution is 0.233. The number of benzene rings is 1. The molecule has 0 aliphatic carbocycles. The highest BCUT2D eigenvalue weighted by molar-refractivity contribution is 5.85. The summed E-state index contributed by atoms with van der Waals surface area (Å²) in [5.41, 5.74) is 7.48. The van der Waals surface area contributed by atoms with Gasteiger partial charge in [-0.25, -0.2) is 0 Å². The molecule has 1 aromatic carbocycles. The summed E-state index contributed by atoms with van der Waals surface area (Å²) in [5.74, 6) is 0.819. The molecule has 0 amide bonds. The number of anilines is 1. The van der Waals surface area contributed by atoms with E-state index < -0.39 is 0 Å². The van der Waals surface area contributed by atoms with E-state index >= 15 is 0 Å². The van der Waals surface area contributed by atoms with Gasteiger partial charge in [0.1, 0.15) is 5.75 Å². The number of halogens is 1. The van der Waals surface area contributed by atoms with Crippen molar-refractivity contribution in [2.24, 2.45) is 0 Å². The maximum absolute atomic E-state index is 9.20. The molecule has 0 saturated heterocycles. The van der Waals surface area contributed by atoms with Gasteiger partial charge in [-0.05, 0) is 24.6 Å². The van der Waals surface area contributed by atoms with Gasteiger partial charge >= 0.3 is 0 Å². The number of nitrogens with one attached hydrogen (secondary N) is 1. The van der Waals surface area contributed by atoms with E-state index in [1.165, 1.54) is 0 Å². The fraction of sp³-hybridized carbons (Fsp3) is 0.538. The van der Waals surface area contributed by atoms with Crippen LogP contribution in [0.15, 0.2) is 18.2 Å². The van der Waals surface area contributed by atoms with Crippen LogP contribution in [0.5, 0.6) is 5.75 Å². The van der Waals surface area contributed by atoms with Gasteiger partial charge < -0.3 is 20.9 Å². The van der Waals surface area contributed by atoms with Crippen LogP contribution in [0.25, 0.3) is 0 Å². The molecule has 4 nitrogen and oxygen atoms in total. The molecule has 0 spiro atoms. The molecule has 0 fully saturated rings. The monoisotopic (exact) mass is 274 g/mol. The van der Waals surface area contributed by atoms with Gasteiger partial charge in [0.25, 0.3) is 0 Å². The number of nitrogens with two attached hydrogens (primary N) is 1. The van der Waals surface area contributed by atoms with Crippen LogP contribution in [-0.2, 0) is 6.54 Å². The minimum absolute atomic E-state index is 0. The van der Waals surface area contributed by atoms with Gasteiger partial charge in [-0.1, -0.05) is 13.3 Å². The quantitative estimate of drug-likeness (QED) is 0.665. The van der Waals surface area contributed by atoms with Crippen molar-refractivity contribution in [2.45, 2.75) is 32.4 Å². The van der Waals surface area contributed by atoms with Gasteiger partial charge in [0, 0.05) is 23.8 Å². The number of aliphatic hydroxyl groups is 1. The Labute approximate surface area is 115 Å². The second-order valence-electron chi connectivity index (χ2n) is 4.12. The second-order valence-corrected chi connectivity index (χ2v) is 4.12. The molecule has 0 radical (unpaired) electrons. The summed E-state index contributed by atoms with van der Waals surface area (Å²) in [4.78, 5) is 0. The van der Waals surface area contributed by atoms with E-state index in [0.717, 1.165) is 29.8 Å². The van der Waals surface area contributed by atoms with E-state index in [2.05, 4.69) is 12.2 Å². The molecule has 104 valence electrons. The van der Waals surface area contributed by atoms with Crippen LogP contribution < -0.4 is 15.8 Å². The van der Waals surface area contributed by atoms with Crippen LogP contribution in [0.4, 0.5) is 5.69 Å².